The molecule has 0 fully saturated rings. The van der Waals surface area contributed by atoms with Crippen LogP contribution in [0.25, 0.3) is 22.1 Å². The fraction of sp³-hybridized carbons (Fsp3) is 0.286. The lowest BCUT2D eigenvalue weighted by molar-refractivity contribution is 0.397. The van der Waals surface area contributed by atoms with Crippen LogP contribution in [0.5, 0.6) is 5.75 Å². The van der Waals surface area contributed by atoms with Crippen molar-refractivity contribution in [3.05, 3.63) is 56.9 Å². The largest absolute Gasteiger partial charge is 0.496 e. The Kier molecular flexibility index (Phi) is 5.53. The van der Waals surface area contributed by atoms with E-state index in [1.165, 1.54) is 6.07 Å². The number of sulfonamides is 1. The zero-order valence-corrected chi connectivity index (χ0v) is 19.2. The maximum atomic E-state index is 12.7. The van der Waals surface area contributed by atoms with Crippen LogP contribution in [-0.2, 0) is 15.4 Å². The zero-order chi connectivity index (χ0) is 21.6. The third-order valence-corrected chi connectivity index (χ3v) is 5.46. The van der Waals surface area contributed by atoms with Crippen molar-refractivity contribution in [1.82, 2.24) is 0 Å². The predicted molar refractivity (Wildman–Crippen MR) is 119 cm³/mol. The Morgan fingerprint density at radius 1 is 1.10 bits per heavy atom. The van der Waals surface area contributed by atoms with Crippen LogP contribution < -0.4 is 15.1 Å². The Balaban J connectivity index is 2.23. The van der Waals surface area contributed by atoms with Crippen LogP contribution in [0.4, 0.5) is 5.69 Å². The van der Waals surface area contributed by atoms with E-state index in [0.717, 1.165) is 16.3 Å². The number of hydrogen-bond donors (Lipinski definition) is 1. The number of anilines is 1. The van der Waals surface area contributed by atoms with E-state index in [1.807, 2.05) is 12.1 Å². The topological polar surface area (TPSA) is 85.6 Å². The molecule has 0 bridgehead atoms. The molecule has 0 spiro atoms. The van der Waals surface area contributed by atoms with Crippen LogP contribution in [-0.4, -0.2) is 21.8 Å². The van der Waals surface area contributed by atoms with E-state index in [0.29, 0.717) is 28.1 Å². The van der Waals surface area contributed by atoms with Crippen molar-refractivity contribution < 1.29 is 17.6 Å². The van der Waals surface area contributed by atoms with Crippen molar-refractivity contribution in [2.75, 3.05) is 18.1 Å². The van der Waals surface area contributed by atoms with Crippen molar-refractivity contribution in [2.24, 2.45) is 0 Å². The number of hydrogen-bond acceptors (Lipinski definition) is 5. The van der Waals surface area contributed by atoms with Crippen LogP contribution in [0.15, 0.2) is 50.1 Å². The second-order valence-electron chi connectivity index (χ2n) is 7.86. The van der Waals surface area contributed by atoms with Gasteiger partial charge in [0.25, 0.3) is 0 Å². The summed E-state index contributed by atoms with van der Waals surface area (Å²) in [6.07, 6.45) is 1.05. The van der Waals surface area contributed by atoms with Crippen molar-refractivity contribution in [3.63, 3.8) is 0 Å². The highest BCUT2D eigenvalue weighted by Crippen LogP contribution is 2.41. The van der Waals surface area contributed by atoms with Crippen LogP contribution in [0.1, 0.15) is 26.3 Å². The molecule has 0 atom stereocenters. The summed E-state index contributed by atoms with van der Waals surface area (Å²) in [7, 11) is -1.86. The fourth-order valence-electron chi connectivity index (χ4n) is 3.15. The van der Waals surface area contributed by atoms with Crippen molar-refractivity contribution >= 4 is 42.4 Å². The van der Waals surface area contributed by atoms with Gasteiger partial charge in [0.15, 0.2) is 0 Å². The van der Waals surface area contributed by atoms with Gasteiger partial charge in [-0.25, -0.2) is 13.2 Å². The van der Waals surface area contributed by atoms with Gasteiger partial charge < -0.3 is 9.15 Å². The van der Waals surface area contributed by atoms with Gasteiger partial charge in [0.05, 0.1) is 24.3 Å². The van der Waals surface area contributed by atoms with Gasteiger partial charge in [0, 0.05) is 15.7 Å². The quantitative estimate of drug-likeness (QED) is 0.574. The number of nitrogens with one attached hydrogen (secondary N) is 1. The monoisotopic (exact) mass is 479 g/mol. The Bertz CT molecular complexity index is 1260. The molecule has 6 nitrogen and oxygen atoms in total. The van der Waals surface area contributed by atoms with E-state index < -0.39 is 15.6 Å². The summed E-state index contributed by atoms with van der Waals surface area (Å²) in [6, 6.07) is 10.3. The lowest BCUT2D eigenvalue weighted by Crippen LogP contribution is -2.13. The molecule has 1 N–H and O–H groups in total. The molecule has 8 heteroatoms. The van der Waals surface area contributed by atoms with Crippen LogP contribution in [0, 0.1) is 0 Å². The number of rotatable bonds is 4. The van der Waals surface area contributed by atoms with E-state index in [4.69, 9.17) is 9.15 Å². The summed E-state index contributed by atoms with van der Waals surface area (Å²) in [6.45, 7) is 6.23. The normalized spacial score (nSPS) is 12.2. The lowest BCUT2D eigenvalue weighted by Gasteiger charge is -2.24. The molecule has 154 valence electrons. The van der Waals surface area contributed by atoms with E-state index in [-0.39, 0.29) is 10.8 Å². The maximum absolute atomic E-state index is 12.7. The number of ether oxygens (including phenoxy) is 1. The van der Waals surface area contributed by atoms with Crippen molar-refractivity contribution in [3.8, 4) is 17.1 Å². The number of fused-ring (bicyclic) bond motifs is 1. The van der Waals surface area contributed by atoms with E-state index in [1.54, 1.807) is 25.3 Å². The average Bonchev–Trinajstić information content (AvgIpc) is 2.59. The lowest BCUT2D eigenvalue weighted by atomic mass is 9.85. The first-order valence-corrected chi connectivity index (χ1v) is 11.5. The van der Waals surface area contributed by atoms with Gasteiger partial charge in [0.1, 0.15) is 11.5 Å². The maximum Gasteiger partial charge on any atom is 0.344 e. The van der Waals surface area contributed by atoms with E-state index in [2.05, 4.69) is 41.4 Å². The van der Waals surface area contributed by atoms with E-state index >= 15 is 0 Å². The minimum atomic E-state index is -3.45. The van der Waals surface area contributed by atoms with Gasteiger partial charge in [-0.15, -0.1) is 0 Å². The first-order chi connectivity index (χ1) is 13.4. The van der Waals surface area contributed by atoms with Gasteiger partial charge in [-0.1, -0.05) is 42.8 Å². The Morgan fingerprint density at radius 2 is 1.79 bits per heavy atom. The Labute approximate surface area is 178 Å². The van der Waals surface area contributed by atoms with Gasteiger partial charge in [-0.2, -0.15) is 0 Å². The second-order valence-corrected chi connectivity index (χ2v) is 10.5. The zero-order valence-electron chi connectivity index (χ0n) is 16.8. The summed E-state index contributed by atoms with van der Waals surface area (Å²) in [5, 5.41) is 0.919. The van der Waals surface area contributed by atoms with Gasteiger partial charge in [0.2, 0.25) is 10.0 Å². The van der Waals surface area contributed by atoms with Crippen LogP contribution in [0.3, 0.4) is 0 Å². The molecule has 1 aromatic heterocycles. The fourth-order valence-corrected chi connectivity index (χ4v) is 4.16. The molecule has 0 unspecified atom stereocenters. The molecule has 3 aromatic rings. The third-order valence-electron chi connectivity index (χ3n) is 4.40. The molecular weight excluding hydrogens is 458 g/mol. The Morgan fingerprint density at radius 3 is 2.38 bits per heavy atom. The Hall–Kier alpha value is -2.32. The first kappa shape index (κ1) is 21.4. The molecule has 1 heterocycles. The van der Waals surface area contributed by atoms with Gasteiger partial charge in [-0.05, 0) is 41.1 Å². The number of halogens is 1. The third kappa shape index (κ3) is 4.64. The summed E-state index contributed by atoms with van der Waals surface area (Å²) < 4.78 is 37.4. The molecule has 0 aliphatic carbocycles. The van der Waals surface area contributed by atoms with Crippen LogP contribution >= 0.6 is 15.9 Å². The molecule has 0 saturated heterocycles. The molecular formula is C21H22BrNO5S. The molecule has 29 heavy (non-hydrogen) atoms. The smallest absolute Gasteiger partial charge is 0.344 e. The van der Waals surface area contributed by atoms with Crippen LogP contribution in [0.2, 0.25) is 0 Å². The second kappa shape index (κ2) is 7.50. The summed E-state index contributed by atoms with van der Waals surface area (Å²) in [5.41, 5.74) is 1.18. The molecule has 0 amide bonds. The standard InChI is InChI=1S/C21H22BrNO5S/c1-21(2,3)17-10-13(22)9-16(19(17)27-4)18-8-12-6-7-14(23-29(5,25)26)11-15(12)20(24)28-18/h6-11,23H,1-5H3. The van der Waals surface area contributed by atoms with Crippen molar-refractivity contribution in [1.29, 1.82) is 0 Å². The molecule has 0 aliphatic heterocycles. The highest BCUT2D eigenvalue weighted by Gasteiger charge is 2.24. The van der Waals surface area contributed by atoms with Gasteiger partial charge >= 0.3 is 5.63 Å². The summed E-state index contributed by atoms with van der Waals surface area (Å²) in [5.74, 6) is 1.01. The summed E-state index contributed by atoms with van der Waals surface area (Å²) in [4.78, 5) is 12.7. The van der Waals surface area contributed by atoms with E-state index in [9.17, 15) is 13.2 Å². The molecule has 0 radical (unpaired) electrons. The SMILES string of the molecule is COc1c(-c2cc3ccc(NS(C)(=O)=O)cc3c(=O)o2)cc(Br)cc1C(C)(C)C. The molecule has 2 aromatic carbocycles. The highest BCUT2D eigenvalue weighted by atomic mass is 79.9. The van der Waals surface area contributed by atoms with Gasteiger partial charge in [-0.3, -0.25) is 4.72 Å². The predicted octanol–water partition coefficient (Wildman–Crippen LogP) is 4.90. The number of benzene rings is 2. The molecule has 3 rings (SSSR count). The molecule has 0 aliphatic rings. The summed E-state index contributed by atoms with van der Waals surface area (Å²) >= 11 is 3.53. The minimum absolute atomic E-state index is 0.187. The van der Waals surface area contributed by atoms with Crippen molar-refractivity contribution in [2.45, 2.75) is 26.2 Å². The number of methoxy groups -OCH3 is 1. The first-order valence-electron chi connectivity index (χ1n) is 8.83. The highest BCUT2D eigenvalue weighted by molar-refractivity contribution is 9.10. The minimum Gasteiger partial charge on any atom is -0.496 e. The molecule has 0 saturated carbocycles. The average molecular weight is 480 g/mol.